The van der Waals surface area contributed by atoms with Crippen molar-refractivity contribution in [2.45, 2.75) is 25.3 Å². The van der Waals surface area contributed by atoms with E-state index >= 15 is 0 Å². The molecule has 0 atom stereocenters. The van der Waals surface area contributed by atoms with Crippen molar-refractivity contribution < 1.29 is 9.15 Å². The van der Waals surface area contributed by atoms with Crippen LogP contribution in [0.4, 0.5) is 0 Å². The van der Waals surface area contributed by atoms with E-state index in [1.165, 1.54) is 23.8 Å². The summed E-state index contributed by atoms with van der Waals surface area (Å²) in [6, 6.07) is 28.9. The third kappa shape index (κ3) is 4.20. The summed E-state index contributed by atoms with van der Waals surface area (Å²) >= 11 is 0. The van der Waals surface area contributed by atoms with Gasteiger partial charge in [-0.3, -0.25) is 4.90 Å². The lowest BCUT2D eigenvalue weighted by molar-refractivity contribution is 0.192. The van der Waals surface area contributed by atoms with Crippen LogP contribution in [0.3, 0.4) is 0 Å². The van der Waals surface area contributed by atoms with E-state index in [9.17, 15) is 0 Å². The molecule has 0 aliphatic carbocycles. The van der Waals surface area contributed by atoms with Gasteiger partial charge in [0.15, 0.2) is 0 Å². The summed E-state index contributed by atoms with van der Waals surface area (Å²) in [5.41, 5.74) is 2.39. The van der Waals surface area contributed by atoms with Gasteiger partial charge in [0.1, 0.15) is 22.8 Å². The molecule has 0 radical (unpaired) electrons. The SMILES string of the molecule is c1ccc(Oc2ccc(C3CCN(Cc4cc5ccccc5o4)CC3)cc2)cc1. The zero-order valence-electron chi connectivity index (χ0n) is 16.5. The number of piperidine rings is 1. The Morgan fingerprint density at radius 3 is 2.24 bits per heavy atom. The van der Waals surface area contributed by atoms with Gasteiger partial charge in [0, 0.05) is 5.39 Å². The van der Waals surface area contributed by atoms with Crippen molar-refractivity contribution in [2.24, 2.45) is 0 Å². The van der Waals surface area contributed by atoms with Crippen LogP contribution in [0.25, 0.3) is 11.0 Å². The largest absolute Gasteiger partial charge is 0.460 e. The third-order valence-electron chi connectivity index (χ3n) is 5.77. The van der Waals surface area contributed by atoms with Crippen LogP contribution < -0.4 is 4.74 Å². The molecular formula is C26H25NO2. The number of para-hydroxylation sites is 2. The molecule has 3 heteroatoms. The van der Waals surface area contributed by atoms with Crippen LogP contribution in [0.15, 0.2) is 89.3 Å². The normalized spacial score (nSPS) is 15.6. The topological polar surface area (TPSA) is 25.6 Å². The maximum Gasteiger partial charge on any atom is 0.134 e. The van der Waals surface area contributed by atoms with E-state index < -0.39 is 0 Å². The smallest absolute Gasteiger partial charge is 0.134 e. The third-order valence-corrected chi connectivity index (χ3v) is 5.77. The number of likely N-dealkylation sites (tertiary alicyclic amines) is 1. The van der Waals surface area contributed by atoms with E-state index in [-0.39, 0.29) is 0 Å². The number of hydrogen-bond acceptors (Lipinski definition) is 3. The first-order valence-corrected chi connectivity index (χ1v) is 10.4. The highest BCUT2D eigenvalue weighted by atomic mass is 16.5. The molecular weight excluding hydrogens is 358 g/mol. The molecule has 0 bridgehead atoms. The molecule has 5 rings (SSSR count). The van der Waals surface area contributed by atoms with Crippen LogP contribution in [0.1, 0.15) is 30.1 Å². The average Bonchev–Trinajstić information content (AvgIpc) is 3.18. The van der Waals surface area contributed by atoms with Crippen LogP contribution >= 0.6 is 0 Å². The van der Waals surface area contributed by atoms with Gasteiger partial charge in [0.25, 0.3) is 0 Å². The number of nitrogens with zero attached hydrogens (tertiary/aromatic N) is 1. The van der Waals surface area contributed by atoms with Crippen LogP contribution in [-0.4, -0.2) is 18.0 Å². The minimum atomic E-state index is 0.618. The highest BCUT2D eigenvalue weighted by molar-refractivity contribution is 5.77. The molecule has 3 aromatic carbocycles. The monoisotopic (exact) mass is 383 g/mol. The maximum absolute atomic E-state index is 5.99. The molecule has 0 spiro atoms. The number of rotatable bonds is 5. The van der Waals surface area contributed by atoms with Gasteiger partial charge in [0.2, 0.25) is 0 Å². The van der Waals surface area contributed by atoms with E-state index in [1.807, 2.05) is 42.5 Å². The Labute approximate surface area is 171 Å². The number of hydrogen-bond donors (Lipinski definition) is 0. The van der Waals surface area contributed by atoms with Gasteiger partial charge in [-0.25, -0.2) is 0 Å². The molecule has 2 heterocycles. The van der Waals surface area contributed by atoms with E-state index in [0.29, 0.717) is 5.92 Å². The van der Waals surface area contributed by atoms with Crippen molar-refractivity contribution in [3.63, 3.8) is 0 Å². The fourth-order valence-corrected chi connectivity index (χ4v) is 4.19. The summed E-state index contributed by atoms with van der Waals surface area (Å²) in [6.07, 6.45) is 2.36. The van der Waals surface area contributed by atoms with Crippen molar-refractivity contribution in [3.8, 4) is 11.5 Å². The van der Waals surface area contributed by atoms with Gasteiger partial charge in [-0.2, -0.15) is 0 Å². The molecule has 0 unspecified atom stereocenters. The van der Waals surface area contributed by atoms with Crippen molar-refractivity contribution in [2.75, 3.05) is 13.1 Å². The van der Waals surface area contributed by atoms with Gasteiger partial charge in [-0.1, -0.05) is 48.5 Å². The number of furan rings is 1. The molecule has 1 aliphatic heterocycles. The highest BCUT2D eigenvalue weighted by Crippen LogP contribution is 2.31. The predicted octanol–water partition coefficient (Wildman–Crippen LogP) is 6.60. The molecule has 1 aliphatic rings. The lowest BCUT2D eigenvalue weighted by Crippen LogP contribution is -2.32. The second-order valence-electron chi connectivity index (χ2n) is 7.79. The molecule has 4 aromatic rings. The fourth-order valence-electron chi connectivity index (χ4n) is 4.19. The first-order valence-electron chi connectivity index (χ1n) is 10.4. The first-order chi connectivity index (χ1) is 14.3. The molecule has 0 amide bonds. The summed E-state index contributed by atoms with van der Waals surface area (Å²) in [6.45, 7) is 3.10. The number of benzene rings is 3. The summed E-state index contributed by atoms with van der Waals surface area (Å²) < 4.78 is 11.9. The Kier molecular flexibility index (Phi) is 5.06. The predicted molar refractivity (Wildman–Crippen MR) is 116 cm³/mol. The molecule has 146 valence electrons. The van der Waals surface area contributed by atoms with E-state index in [1.54, 1.807) is 0 Å². The molecule has 1 fully saturated rings. The van der Waals surface area contributed by atoms with Crippen LogP contribution in [0, 0.1) is 0 Å². The van der Waals surface area contributed by atoms with Crippen molar-refractivity contribution in [3.05, 3.63) is 96.3 Å². The van der Waals surface area contributed by atoms with E-state index in [2.05, 4.69) is 47.4 Å². The second kappa shape index (κ2) is 8.14. The second-order valence-corrected chi connectivity index (χ2v) is 7.79. The summed E-state index contributed by atoms with van der Waals surface area (Å²) in [4.78, 5) is 2.50. The van der Waals surface area contributed by atoms with Crippen LogP contribution in [-0.2, 0) is 6.54 Å². The zero-order valence-corrected chi connectivity index (χ0v) is 16.5. The lowest BCUT2D eigenvalue weighted by Gasteiger charge is -2.31. The molecule has 0 saturated carbocycles. The van der Waals surface area contributed by atoms with Gasteiger partial charge in [0.05, 0.1) is 6.54 Å². The highest BCUT2D eigenvalue weighted by Gasteiger charge is 2.21. The minimum absolute atomic E-state index is 0.618. The van der Waals surface area contributed by atoms with E-state index in [4.69, 9.17) is 9.15 Å². The zero-order chi connectivity index (χ0) is 19.5. The lowest BCUT2D eigenvalue weighted by atomic mass is 9.89. The minimum Gasteiger partial charge on any atom is -0.460 e. The van der Waals surface area contributed by atoms with Gasteiger partial charge in [-0.05, 0) is 73.8 Å². The number of fused-ring (bicyclic) bond motifs is 1. The fraction of sp³-hybridized carbons (Fsp3) is 0.231. The molecule has 0 N–H and O–H groups in total. The molecule has 1 aromatic heterocycles. The van der Waals surface area contributed by atoms with E-state index in [0.717, 1.165) is 42.5 Å². The maximum atomic E-state index is 5.99. The Balaban J connectivity index is 1.17. The van der Waals surface area contributed by atoms with Gasteiger partial charge < -0.3 is 9.15 Å². The Morgan fingerprint density at radius 1 is 0.793 bits per heavy atom. The summed E-state index contributed by atoms with van der Waals surface area (Å²) in [5, 5.41) is 1.19. The number of ether oxygens (including phenoxy) is 1. The van der Waals surface area contributed by atoms with Crippen LogP contribution in [0.5, 0.6) is 11.5 Å². The molecule has 29 heavy (non-hydrogen) atoms. The quantitative estimate of drug-likeness (QED) is 0.388. The average molecular weight is 383 g/mol. The van der Waals surface area contributed by atoms with Gasteiger partial charge in [-0.15, -0.1) is 0 Å². The molecule has 3 nitrogen and oxygen atoms in total. The Morgan fingerprint density at radius 2 is 1.48 bits per heavy atom. The Bertz CT molecular complexity index is 1030. The summed E-state index contributed by atoms with van der Waals surface area (Å²) in [7, 11) is 0. The van der Waals surface area contributed by atoms with Crippen molar-refractivity contribution in [1.29, 1.82) is 0 Å². The standard InChI is InChI=1S/C26H25NO2/c1-2-7-23(8-3-1)28-24-12-10-20(11-13-24)21-14-16-27(17-15-21)19-25-18-22-6-4-5-9-26(22)29-25/h1-13,18,21H,14-17,19H2. The molecule has 1 saturated heterocycles. The van der Waals surface area contributed by atoms with Crippen LogP contribution in [0.2, 0.25) is 0 Å². The van der Waals surface area contributed by atoms with Crippen molar-refractivity contribution in [1.82, 2.24) is 4.90 Å². The first kappa shape index (κ1) is 18.0. The summed E-state index contributed by atoms with van der Waals surface area (Å²) in [5.74, 6) is 3.45. The Hall–Kier alpha value is -3.04. The van der Waals surface area contributed by atoms with Gasteiger partial charge >= 0.3 is 0 Å². The van der Waals surface area contributed by atoms with Crippen molar-refractivity contribution >= 4 is 11.0 Å².